The Balaban J connectivity index is 1.79. The fourth-order valence-electron chi connectivity index (χ4n) is 3.26. The number of hydrogen-bond donors (Lipinski definition) is 0. The highest BCUT2D eigenvalue weighted by atomic mass is 32.2. The molecule has 1 heterocycles. The van der Waals surface area contributed by atoms with Crippen LogP contribution in [0.3, 0.4) is 0 Å². The van der Waals surface area contributed by atoms with Crippen LogP contribution in [0.25, 0.3) is 22.5 Å². The second-order valence-corrected chi connectivity index (χ2v) is 7.58. The lowest BCUT2D eigenvalue weighted by molar-refractivity contribution is 0.627. The third kappa shape index (κ3) is 4.33. The number of benzene rings is 3. The Morgan fingerprint density at radius 3 is 2.10 bits per heavy atom. The first kappa shape index (κ1) is 19.2. The van der Waals surface area contributed by atoms with E-state index in [1.165, 1.54) is 12.1 Å². The summed E-state index contributed by atoms with van der Waals surface area (Å²) in [7, 11) is 0. The Kier molecular flexibility index (Phi) is 5.92. The van der Waals surface area contributed by atoms with Crippen molar-refractivity contribution < 1.29 is 4.39 Å². The van der Waals surface area contributed by atoms with Crippen LogP contribution in [0.1, 0.15) is 5.56 Å². The summed E-state index contributed by atoms with van der Waals surface area (Å²) >= 11 is 1.65. The SMILES string of the molecule is C=CCn1c(SCc2ccc(F)cc2)nc(-c2ccccc2)c1-c1ccccc1. The largest absolute Gasteiger partial charge is 0.315 e. The van der Waals surface area contributed by atoms with E-state index in [0.717, 1.165) is 39.0 Å². The van der Waals surface area contributed by atoms with Gasteiger partial charge in [-0.25, -0.2) is 9.37 Å². The molecular weight excluding hydrogens is 379 g/mol. The third-order valence-electron chi connectivity index (χ3n) is 4.62. The van der Waals surface area contributed by atoms with E-state index in [-0.39, 0.29) is 5.82 Å². The second kappa shape index (κ2) is 8.93. The molecule has 29 heavy (non-hydrogen) atoms. The van der Waals surface area contributed by atoms with Gasteiger partial charge in [0.2, 0.25) is 0 Å². The molecule has 3 aromatic carbocycles. The zero-order valence-electron chi connectivity index (χ0n) is 16.0. The standard InChI is InChI=1S/C25H21FN2S/c1-2-17-28-24(21-11-7-4-8-12-21)23(20-9-5-3-6-10-20)27-25(28)29-18-19-13-15-22(26)16-14-19/h2-16H,1,17-18H2. The van der Waals surface area contributed by atoms with E-state index in [0.29, 0.717) is 6.54 Å². The maximum absolute atomic E-state index is 13.2. The molecule has 0 spiro atoms. The number of thioether (sulfide) groups is 1. The third-order valence-corrected chi connectivity index (χ3v) is 5.67. The van der Waals surface area contributed by atoms with Gasteiger partial charge in [-0.15, -0.1) is 6.58 Å². The predicted molar refractivity (Wildman–Crippen MR) is 119 cm³/mol. The first-order valence-electron chi connectivity index (χ1n) is 9.46. The molecule has 0 amide bonds. The lowest BCUT2D eigenvalue weighted by Crippen LogP contribution is -2.00. The average Bonchev–Trinajstić information content (AvgIpc) is 3.13. The molecule has 0 bridgehead atoms. The van der Waals surface area contributed by atoms with Gasteiger partial charge in [0.05, 0.1) is 11.4 Å². The topological polar surface area (TPSA) is 17.8 Å². The first-order chi connectivity index (χ1) is 14.3. The van der Waals surface area contributed by atoms with Gasteiger partial charge in [0, 0.05) is 23.4 Å². The number of aromatic nitrogens is 2. The van der Waals surface area contributed by atoms with E-state index in [9.17, 15) is 4.39 Å². The molecule has 0 radical (unpaired) electrons. The van der Waals surface area contributed by atoms with Gasteiger partial charge in [-0.3, -0.25) is 0 Å². The van der Waals surface area contributed by atoms with E-state index < -0.39 is 0 Å². The van der Waals surface area contributed by atoms with Crippen LogP contribution in [-0.4, -0.2) is 9.55 Å². The maximum atomic E-state index is 13.2. The Morgan fingerprint density at radius 1 is 0.862 bits per heavy atom. The summed E-state index contributed by atoms with van der Waals surface area (Å²) in [4.78, 5) is 5.01. The van der Waals surface area contributed by atoms with E-state index in [1.54, 1.807) is 11.8 Å². The highest BCUT2D eigenvalue weighted by Gasteiger charge is 2.19. The van der Waals surface area contributed by atoms with Crippen LogP contribution in [0.2, 0.25) is 0 Å². The zero-order valence-corrected chi connectivity index (χ0v) is 16.8. The number of halogens is 1. The Bertz CT molecular complexity index is 1090. The van der Waals surface area contributed by atoms with Gasteiger partial charge in [-0.2, -0.15) is 0 Å². The zero-order chi connectivity index (χ0) is 20.1. The second-order valence-electron chi connectivity index (χ2n) is 6.64. The molecule has 0 fully saturated rings. The minimum Gasteiger partial charge on any atom is -0.315 e. The predicted octanol–water partition coefficient (Wildman–Crippen LogP) is 6.83. The highest BCUT2D eigenvalue weighted by molar-refractivity contribution is 7.98. The van der Waals surface area contributed by atoms with Crippen molar-refractivity contribution in [2.45, 2.75) is 17.5 Å². The van der Waals surface area contributed by atoms with Crippen molar-refractivity contribution in [1.82, 2.24) is 9.55 Å². The monoisotopic (exact) mass is 400 g/mol. The number of hydrogen-bond acceptors (Lipinski definition) is 2. The van der Waals surface area contributed by atoms with Crippen molar-refractivity contribution >= 4 is 11.8 Å². The minimum atomic E-state index is -0.218. The summed E-state index contributed by atoms with van der Waals surface area (Å²) in [6.45, 7) is 4.60. The molecule has 4 rings (SSSR count). The molecular formula is C25H21FN2S. The normalized spacial score (nSPS) is 10.8. The molecule has 0 aliphatic carbocycles. The van der Waals surface area contributed by atoms with Gasteiger partial charge in [-0.05, 0) is 17.7 Å². The summed E-state index contributed by atoms with van der Waals surface area (Å²) < 4.78 is 15.4. The van der Waals surface area contributed by atoms with Crippen LogP contribution in [0.4, 0.5) is 4.39 Å². The summed E-state index contributed by atoms with van der Waals surface area (Å²) in [5.74, 6) is 0.501. The van der Waals surface area contributed by atoms with Gasteiger partial charge >= 0.3 is 0 Å². The van der Waals surface area contributed by atoms with Crippen molar-refractivity contribution in [3.8, 4) is 22.5 Å². The average molecular weight is 401 g/mol. The number of allylic oxidation sites excluding steroid dienone is 1. The summed E-state index contributed by atoms with van der Waals surface area (Å²) in [6, 6.07) is 27.2. The Morgan fingerprint density at radius 2 is 1.48 bits per heavy atom. The molecule has 4 heteroatoms. The molecule has 4 aromatic rings. The number of imidazole rings is 1. The van der Waals surface area contributed by atoms with E-state index in [1.807, 2.05) is 54.6 Å². The van der Waals surface area contributed by atoms with Crippen LogP contribution in [0, 0.1) is 5.82 Å². The molecule has 0 atom stereocenters. The quantitative estimate of drug-likeness (QED) is 0.250. The molecule has 0 N–H and O–H groups in total. The maximum Gasteiger partial charge on any atom is 0.169 e. The number of nitrogens with zero attached hydrogens (tertiary/aromatic N) is 2. The Hall–Kier alpha value is -3.11. The van der Waals surface area contributed by atoms with Crippen molar-refractivity contribution in [2.75, 3.05) is 0 Å². The van der Waals surface area contributed by atoms with E-state index in [4.69, 9.17) is 4.98 Å². The summed E-state index contributed by atoms with van der Waals surface area (Å²) in [6.07, 6.45) is 1.89. The van der Waals surface area contributed by atoms with Gasteiger partial charge in [0.1, 0.15) is 5.82 Å². The van der Waals surface area contributed by atoms with E-state index >= 15 is 0 Å². The molecule has 1 aromatic heterocycles. The lowest BCUT2D eigenvalue weighted by atomic mass is 10.0. The Labute approximate surface area is 174 Å². The van der Waals surface area contributed by atoms with Crippen LogP contribution >= 0.6 is 11.8 Å². The highest BCUT2D eigenvalue weighted by Crippen LogP contribution is 2.36. The fraction of sp³-hybridized carbons (Fsp3) is 0.0800. The van der Waals surface area contributed by atoms with E-state index in [2.05, 4.69) is 35.4 Å². The lowest BCUT2D eigenvalue weighted by Gasteiger charge is -2.11. The van der Waals surface area contributed by atoms with Crippen LogP contribution in [-0.2, 0) is 12.3 Å². The van der Waals surface area contributed by atoms with Crippen molar-refractivity contribution in [3.05, 3.63) is 109 Å². The summed E-state index contributed by atoms with van der Waals surface area (Å²) in [5.41, 5.74) is 5.30. The van der Waals surface area contributed by atoms with Crippen LogP contribution in [0.5, 0.6) is 0 Å². The van der Waals surface area contributed by atoms with Crippen molar-refractivity contribution in [1.29, 1.82) is 0 Å². The van der Waals surface area contributed by atoms with Crippen LogP contribution < -0.4 is 0 Å². The van der Waals surface area contributed by atoms with Crippen LogP contribution in [0.15, 0.2) is 103 Å². The molecule has 2 nitrogen and oxygen atoms in total. The van der Waals surface area contributed by atoms with Crippen molar-refractivity contribution in [3.63, 3.8) is 0 Å². The first-order valence-corrected chi connectivity index (χ1v) is 10.4. The molecule has 0 aliphatic heterocycles. The molecule has 0 saturated heterocycles. The van der Waals surface area contributed by atoms with Gasteiger partial charge in [-0.1, -0.05) is 90.6 Å². The molecule has 144 valence electrons. The molecule has 0 aliphatic rings. The smallest absolute Gasteiger partial charge is 0.169 e. The van der Waals surface area contributed by atoms with Crippen molar-refractivity contribution in [2.24, 2.45) is 0 Å². The van der Waals surface area contributed by atoms with Gasteiger partial charge in [0.25, 0.3) is 0 Å². The minimum absolute atomic E-state index is 0.218. The fourth-order valence-corrected chi connectivity index (χ4v) is 4.22. The van der Waals surface area contributed by atoms with Gasteiger partial charge < -0.3 is 4.57 Å². The summed E-state index contributed by atoms with van der Waals surface area (Å²) in [5, 5.41) is 0.923. The molecule has 0 saturated carbocycles. The van der Waals surface area contributed by atoms with Gasteiger partial charge in [0.15, 0.2) is 5.16 Å². The number of rotatable bonds is 7. The molecule has 0 unspecified atom stereocenters.